The molecule has 1 heterocycles. The predicted molar refractivity (Wildman–Crippen MR) is 53.5 cm³/mol. The standard InChI is InChI=1S/C10H16N2O3/c13-9(14)7-5-8(6-7)11-10(15)12-3-1-2-4-12/h7-8H,1-6H2,(H,11,15)(H,13,14). The lowest BCUT2D eigenvalue weighted by Gasteiger charge is -2.34. The molecule has 0 radical (unpaired) electrons. The van der Waals surface area contributed by atoms with Gasteiger partial charge in [0.05, 0.1) is 5.92 Å². The minimum atomic E-state index is -0.748. The van der Waals surface area contributed by atoms with Crippen LogP contribution in [0.1, 0.15) is 25.7 Å². The van der Waals surface area contributed by atoms with Crippen LogP contribution in [0.25, 0.3) is 0 Å². The van der Waals surface area contributed by atoms with Gasteiger partial charge in [0.2, 0.25) is 0 Å². The number of nitrogens with one attached hydrogen (secondary N) is 1. The van der Waals surface area contributed by atoms with E-state index in [9.17, 15) is 9.59 Å². The predicted octanol–water partition coefficient (Wildman–Crippen LogP) is 0.655. The molecule has 84 valence electrons. The van der Waals surface area contributed by atoms with Crippen LogP contribution in [0.3, 0.4) is 0 Å². The van der Waals surface area contributed by atoms with E-state index in [0.717, 1.165) is 25.9 Å². The Morgan fingerprint density at radius 1 is 1.20 bits per heavy atom. The Hall–Kier alpha value is -1.26. The fourth-order valence-electron chi connectivity index (χ4n) is 2.12. The molecular formula is C10H16N2O3. The van der Waals surface area contributed by atoms with Crippen LogP contribution in [0.2, 0.25) is 0 Å². The van der Waals surface area contributed by atoms with Crippen molar-refractivity contribution in [2.24, 2.45) is 5.92 Å². The van der Waals surface area contributed by atoms with Crippen molar-refractivity contribution in [2.45, 2.75) is 31.7 Å². The zero-order valence-electron chi connectivity index (χ0n) is 8.61. The second-order valence-electron chi connectivity index (χ2n) is 4.35. The van der Waals surface area contributed by atoms with E-state index in [-0.39, 0.29) is 18.0 Å². The van der Waals surface area contributed by atoms with Crippen molar-refractivity contribution >= 4 is 12.0 Å². The Morgan fingerprint density at radius 3 is 2.33 bits per heavy atom. The first kappa shape index (κ1) is 10.3. The number of likely N-dealkylation sites (tertiary alicyclic amines) is 1. The van der Waals surface area contributed by atoms with Gasteiger partial charge in [-0.1, -0.05) is 0 Å². The zero-order valence-corrected chi connectivity index (χ0v) is 8.61. The molecule has 1 saturated heterocycles. The van der Waals surface area contributed by atoms with Gasteiger partial charge in [-0.15, -0.1) is 0 Å². The van der Waals surface area contributed by atoms with Crippen molar-refractivity contribution < 1.29 is 14.7 Å². The van der Waals surface area contributed by atoms with Crippen molar-refractivity contribution in [1.29, 1.82) is 0 Å². The van der Waals surface area contributed by atoms with Crippen LogP contribution in [0.5, 0.6) is 0 Å². The van der Waals surface area contributed by atoms with E-state index in [4.69, 9.17) is 5.11 Å². The third-order valence-corrected chi connectivity index (χ3v) is 3.21. The summed E-state index contributed by atoms with van der Waals surface area (Å²) in [5.74, 6) is -1.00. The third-order valence-electron chi connectivity index (χ3n) is 3.21. The molecule has 1 saturated carbocycles. The van der Waals surface area contributed by atoms with Crippen molar-refractivity contribution in [1.82, 2.24) is 10.2 Å². The molecule has 1 aliphatic heterocycles. The van der Waals surface area contributed by atoms with E-state index in [0.29, 0.717) is 12.8 Å². The molecular weight excluding hydrogens is 196 g/mol. The molecule has 0 aromatic heterocycles. The lowest BCUT2D eigenvalue weighted by Crippen LogP contribution is -2.50. The van der Waals surface area contributed by atoms with Crippen molar-refractivity contribution in [3.63, 3.8) is 0 Å². The van der Waals surface area contributed by atoms with Crippen LogP contribution in [-0.4, -0.2) is 41.1 Å². The van der Waals surface area contributed by atoms with E-state index in [1.54, 1.807) is 4.90 Å². The molecule has 15 heavy (non-hydrogen) atoms. The van der Waals surface area contributed by atoms with Gasteiger partial charge in [-0.3, -0.25) is 4.79 Å². The van der Waals surface area contributed by atoms with Gasteiger partial charge in [0.25, 0.3) is 0 Å². The summed E-state index contributed by atoms with van der Waals surface area (Å²) in [7, 11) is 0. The van der Waals surface area contributed by atoms with Gasteiger partial charge in [0.15, 0.2) is 0 Å². The molecule has 2 fully saturated rings. The summed E-state index contributed by atoms with van der Waals surface area (Å²) in [5.41, 5.74) is 0. The highest BCUT2D eigenvalue weighted by Gasteiger charge is 2.36. The highest BCUT2D eigenvalue weighted by molar-refractivity contribution is 5.76. The number of carbonyl (C=O) groups excluding carboxylic acids is 1. The normalized spacial score (nSPS) is 29.7. The van der Waals surface area contributed by atoms with E-state index in [2.05, 4.69) is 5.32 Å². The topological polar surface area (TPSA) is 69.6 Å². The lowest BCUT2D eigenvalue weighted by atomic mass is 9.80. The van der Waals surface area contributed by atoms with E-state index < -0.39 is 5.97 Å². The molecule has 5 heteroatoms. The zero-order chi connectivity index (χ0) is 10.8. The molecule has 1 aliphatic carbocycles. The first-order valence-corrected chi connectivity index (χ1v) is 5.45. The van der Waals surface area contributed by atoms with E-state index >= 15 is 0 Å². The summed E-state index contributed by atoms with van der Waals surface area (Å²) in [6.45, 7) is 1.67. The highest BCUT2D eigenvalue weighted by Crippen LogP contribution is 2.27. The second kappa shape index (κ2) is 4.08. The minimum Gasteiger partial charge on any atom is -0.481 e. The smallest absolute Gasteiger partial charge is 0.317 e. The van der Waals surface area contributed by atoms with Gasteiger partial charge in [-0.05, 0) is 25.7 Å². The molecule has 2 aliphatic rings. The fraction of sp³-hybridized carbons (Fsp3) is 0.800. The lowest BCUT2D eigenvalue weighted by molar-refractivity contribution is -0.145. The molecule has 0 bridgehead atoms. The molecule has 5 nitrogen and oxygen atoms in total. The first-order chi connectivity index (χ1) is 7.16. The molecule has 0 atom stereocenters. The molecule has 0 unspecified atom stereocenters. The Labute approximate surface area is 88.4 Å². The maximum atomic E-state index is 11.6. The average molecular weight is 212 g/mol. The number of rotatable bonds is 2. The number of urea groups is 1. The second-order valence-corrected chi connectivity index (χ2v) is 4.35. The Bertz CT molecular complexity index is 268. The van der Waals surface area contributed by atoms with Crippen LogP contribution in [0.15, 0.2) is 0 Å². The fourth-order valence-corrected chi connectivity index (χ4v) is 2.12. The Balaban J connectivity index is 1.70. The van der Waals surface area contributed by atoms with Crippen molar-refractivity contribution in [3.8, 4) is 0 Å². The molecule has 2 N–H and O–H groups in total. The summed E-state index contributed by atoms with van der Waals surface area (Å²) in [6.07, 6.45) is 3.31. The third kappa shape index (κ3) is 2.22. The monoisotopic (exact) mass is 212 g/mol. The number of carboxylic acids is 1. The Kier molecular flexibility index (Phi) is 2.79. The van der Waals surface area contributed by atoms with Crippen LogP contribution in [0, 0.1) is 5.92 Å². The summed E-state index contributed by atoms with van der Waals surface area (Å²) in [6, 6.07) is 0.0422. The first-order valence-electron chi connectivity index (χ1n) is 5.45. The van der Waals surface area contributed by atoms with Crippen LogP contribution in [0.4, 0.5) is 4.79 Å². The average Bonchev–Trinajstić information content (AvgIpc) is 2.61. The van der Waals surface area contributed by atoms with Gasteiger partial charge in [0, 0.05) is 19.1 Å². The maximum absolute atomic E-state index is 11.6. The number of carbonyl (C=O) groups is 2. The van der Waals surface area contributed by atoms with Gasteiger partial charge in [0.1, 0.15) is 0 Å². The van der Waals surface area contributed by atoms with Gasteiger partial charge < -0.3 is 15.3 Å². The Morgan fingerprint density at radius 2 is 1.80 bits per heavy atom. The van der Waals surface area contributed by atoms with E-state index in [1.165, 1.54) is 0 Å². The molecule has 0 spiro atoms. The largest absolute Gasteiger partial charge is 0.481 e. The van der Waals surface area contributed by atoms with Gasteiger partial charge in [-0.25, -0.2) is 4.79 Å². The number of amides is 2. The van der Waals surface area contributed by atoms with Crippen molar-refractivity contribution in [3.05, 3.63) is 0 Å². The van der Waals surface area contributed by atoms with E-state index in [1.807, 2.05) is 0 Å². The number of nitrogens with zero attached hydrogens (tertiary/aromatic N) is 1. The summed E-state index contributed by atoms with van der Waals surface area (Å²) < 4.78 is 0. The molecule has 0 aromatic carbocycles. The van der Waals surface area contributed by atoms with Gasteiger partial charge >= 0.3 is 12.0 Å². The number of aliphatic carboxylic acids is 1. The SMILES string of the molecule is O=C(O)C1CC(NC(=O)N2CCCC2)C1. The van der Waals surface area contributed by atoms with Crippen LogP contribution in [-0.2, 0) is 4.79 Å². The summed E-state index contributed by atoms with van der Waals surface area (Å²) in [5, 5.41) is 11.5. The number of hydrogen-bond donors (Lipinski definition) is 2. The quantitative estimate of drug-likeness (QED) is 0.706. The molecule has 2 rings (SSSR count). The van der Waals surface area contributed by atoms with Crippen LogP contribution >= 0.6 is 0 Å². The van der Waals surface area contributed by atoms with Crippen LogP contribution < -0.4 is 5.32 Å². The van der Waals surface area contributed by atoms with Crippen molar-refractivity contribution in [2.75, 3.05) is 13.1 Å². The molecule has 2 amide bonds. The number of carboxylic acid groups (broad SMARTS) is 1. The highest BCUT2D eigenvalue weighted by atomic mass is 16.4. The summed E-state index contributed by atoms with van der Waals surface area (Å²) in [4.78, 5) is 23.9. The number of hydrogen-bond acceptors (Lipinski definition) is 2. The summed E-state index contributed by atoms with van der Waals surface area (Å²) >= 11 is 0. The molecule has 0 aromatic rings. The van der Waals surface area contributed by atoms with Gasteiger partial charge in [-0.2, -0.15) is 0 Å². The minimum absolute atomic E-state index is 0.0265. The maximum Gasteiger partial charge on any atom is 0.317 e.